The Morgan fingerprint density at radius 2 is 1.72 bits per heavy atom. The van der Waals surface area contributed by atoms with E-state index in [-0.39, 0.29) is 0 Å². The Bertz CT molecular complexity index is 442. The third-order valence-electron chi connectivity index (χ3n) is 5.71. The minimum atomic E-state index is 0.321. The molecule has 4 aliphatic carbocycles. The normalized spacial score (nSPS) is 41.5. The number of aromatic nitrogens is 1. The second kappa shape index (κ2) is 3.52. The SMILES string of the molecule is CCc1c(C23CC4CC(CC(C4)C2)C3)noc1N. The molecule has 4 saturated carbocycles. The molecular formula is C15H22N2O. The van der Waals surface area contributed by atoms with E-state index in [1.165, 1.54) is 49.8 Å². The molecule has 1 aromatic heterocycles. The van der Waals surface area contributed by atoms with Crippen molar-refractivity contribution in [2.24, 2.45) is 17.8 Å². The van der Waals surface area contributed by atoms with Gasteiger partial charge in [-0.1, -0.05) is 12.1 Å². The summed E-state index contributed by atoms with van der Waals surface area (Å²) >= 11 is 0. The molecule has 3 heteroatoms. The molecule has 0 aliphatic heterocycles. The van der Waals surface area contributed by atoms with Crippen molar-refractivity contribution in [2.45, 2.75) is 57.3 Å². The van der Waals surface area contributed by atoms with Gasteiger partial charge in [0.1, 0.15) is 0 Å². The van der Waals surface area contributed by atoms with Crippen LogP contribution in [0.25, 0.3) is 0 Å². The molecule has 0 atom stereocenters. The van der Waals surface area contributed by atoms with Gasteiger partial charge in [-0.3, -0.25) is 0 Å². The van der Waals surface area contributed by atoms with Gasteiger partial charge in [-0.2, -0.15) is 0 Å². The van der Waals surface area contributed by atoms with E-state index >= 15 is 0 Å². The van der Waals surface area contributed by atoms with E-state index in [0.717, 1.165) is 24.2 Å². The zero-order valence-corrected chi connectivity index (χ0v) is 11.1. The molecule has 2 N–H and O–H groups in total. The van der Waals surface area contributed by atoms with Crippen LogP contribution in [-0.4, -0.2) is 5.16 Å². The Balaban J connectivity index is 1.79. The van der Waals surface area contributed by atoms with E-state index in [9.17, 15) is 0 Å². The van der Waals surface area contributed by atoms with E-state index in [0.29, 0.717) is 11.3 Å². The molecule has 1 aromatic rings. The lowest BCUT2D eigenvalue weighted by Gasteiger charge is -2.56. The number of nitrogen functional groups attached to an aromatic ring is 1. The molecule has 0 unspecified atom stereocenters. The van der Waals surface area contributed by atoms with Gasteiger partial charge in [0.05, 0.1) is 5.69 Å². The van der Waals surface area contributed by atoms with Crippen molar-refractivity contribution >= 4 is 5.88 Å². The topological polar surface area (TPSA) is 52.0 Å². The second-order valence-corrected chi connectivity index (χ2v) is 6.93. The first kappa shape index (κ1) is 10.9. The van der Waals surface area contributed by atoms with Crippen LogP contribution in [0.5, 0.6) is 0 Å². The fourth-order valence-corrected chi connectivity index (χ4v) is 5.48. The molecule has 4 fully saturated rings. The minimum absolute atomic E-state index is 0.321. The molecule has 3 nitrogen and oxygen atoms in total. The average molecular weight is 246 g/mol. The predicted octanol–water partition coefficient (Wildman–Crippen LogP) is 3.29. The highest BCUT2D eigenvalue weighted by Gasteiger charge is 2.53. The van der Waals surface area contributed by atoms with Crippen LogP contribution in [0.2, 0.25) is 0 Å². The van der Waals surface area contributed by atoms with Crippen LogP contribution in [0.15, 0.2) is 4.52 Å². The summed E-state index contributed by atoms with van der Waals surface area (Å²) in [6.07, 6.45) is 9.34. The van der Waals surface area contributed by atoms with Crippen LogP contribution >= 0.6 is 0 Å². The maximum absolute atomic E-state index is 5.94. The highest BCUT2D eigenvalue weighted by molar-refractivity contribution is 5.43. The lowest BCUT2D eigenvalue weighted by Crippen LogP contribution is -2.49. The van der Waals surface area contributed by atoms with Crippen LogP contribution < -0.4 is 5.73 Å². The van der Waals surface area contributed by atoms with Crippen molar-refractivity contribution in [3.05, 3.63) is 11.3 Å². The average Bonchev–Trinajstić information content (AvgIpc) is 2.69. The first-order valence-corrected chi connectivity index (χ1v) is 7.44. The van der Waals surface area contributed by atoms with Crippen LogP contribution in [0.4, 0.5) is 5.88 Å². The number of rotatable bonds is 2. The fourth-order valence-electron chi connectivity index (χ4n) is 5.48. The third kappa shape index (κ3) is 1.33. The Kier molecular flexibility index (Phi) is 2.13. The van der Waals surface area contributed by atoms with Gasteiger partial charge < -0.3 is 10.3 Å². The number of hydrogen-bond acceptors (Lipinski definition) is 3. The number of hydrogen-bond donors (Lipinski definition) is 1. The summed E-state index contributed by atoms with van der Waals surface area (Å²) in [6, 6.07) is 0. The van der Waals surface area contributed by atoms with Gasteiger partial charge in [-0.05, 0) is 62.7 Å². The van der Waals surface area contributed by atoms with Crippen molar-refractivity contribution in [1.82, 2.24) is 5.16 Å². The molecule has 0 radical (unpaired) electrons. The number of anilines is 1. The first-order valence-electron chi connectivity index (χ1n) is 7.44. The predicted molar refractivity (Wildman–Crippen MR) is 70.1 cm³/mol. The zero-order valence-electron chi connectivity index (χ0n) is 11.1. The van der Waals surface area contributed by atoms with Gasteiger partial charge in [0, 0.05) is 11.0 Å². The van der Waals surface area contributed by atoms with Crippen LogP contribution in [-0.2, 0) is 11.8 Å². The number of nitrogens with zero attached hydrogens (tertiary/aromatic N) is 1. The summed E-state index contributed by atoms with van der Waals surface area (Å²) in [7, 11) is 0. The zero-order chi connectivity index (χ0) is 12.3. The molecule has 0 aromatic carbocycles. The van der Waals surface area contributed by atoms with Gasteiger partial charge in [-0.15, -0.1) is 0 Å². The van der Waals surface area contributed by atoms with Gasteiger partial charge in [-0.25, -0.2) is 0 Å². The molecule has 98 valence electrons. The Morgan fingerprint density at radius 3 is 2.22 bits per heavy atom. The van der Waals surface area contributed by atoms with Crippen molar-refractivity contribution < 1.29 is 4.52 Å². The molecule has 18 heavy (non-hydrogen) atoms. The third-order valence-corrected chi connectivity index (χ3v) is 5.71. The summed E-state index contributed by atoms with van der Waals surface area (Å²) in [4.78, 5) is 0. The van der Waals surface area contributed by atoms with Gasteiger partial charge in [0.15, 0.2) is 0 Å². The molecule has 4 aliphatic rings. The van der Waals surface area contributed by atoms with Crippen molar-refractivity contribution in [3.8, 4) is 0 Å². The summed E-state index contributed by atoms with van der Waals surface area (Å²) in [5.41, 5.74) is 8.68. The Labute approximate surface area is 108 Å². The molecule has 1 heterocycles. The van der Waals surface area contributed by atoms with E-state index in [1.807, 2.05) is 0 Å². The smallest absolute Gasteiger partial charge is 0.225 e. The monoisotopic (exact) mass is 246 g/mol. The fraction of sp³-hybridized carbons (Fsp3) is 0.800. The van der Waals surface area contributed by atoms with E-state index in [2.05, 4.69) is 12.1 Å². The van der Waals surface area contributed by atoms with Gasteiger partial charge >= 0.3 is 0 Å². The summed E-state index contributed by atoms with van der Waals surface area (Å²) in [5.74, 6) is 3.39. The summed E-state index contributed by atoms with van der Waals surface area (Å²) in [5, 5.41) is 4.38. The van der Waals surface area contributed by atoms with E-state index in [1.54, 1.807) is 0 Å². The largest absolute Gasteiger partial charge is 0.367 e. The van der Waals surface area contributed by atoms with E-state index < -0.39 is 0 Å². The number of nitrogens with two attached hydrogens (primary N) is 1. The van der Waals surface area contributed by atoms with Crippen molar-refractivity contribution in [3.63, 3.8) is 0 Å². The van der Waals surface area contributed by atoms with Crippen LogP contribution in [0.3, 0.4) is 0 Å². The lowest BCUT2D eigenvalue weighted by atomic mass is 9.48. The maximum Gasteiger partial charge on any atom is 0.225 e. The molecule has 0 amide bonds. The molecule has 0 spiro atoms. The van der Waals surface area contributed by atoms with Gasteiger partial charge in [0.25, 0.3) is 0 Å². The minimum Gasteiger partial charge on any atom is -0.367 e. The second-order valence-electron chi connectivity index (χ2n) is 6.93. The molecule has 4 bridgehead atoms. The first-order chi connectivity index (χ1) is 8.70. The molecular weight excluding hydrogens is 224 g/mol. The lowest BCUT2D eigenvalue weighted by molar-refractivity contribution is -0.00878. The summed E-state index contributed by atoms with van der Waals surface area (Å²) < 4.78 is 5.30. The Hall–Kier alpha value is -0.990. The quantitative estimate of drug-likeness (QED) is 0.871. The highest BCUT2D eigenvalue weighted by Crippen LogP contribution is 2.61. The standard InChI is InChI=1S/C15H22N2O/c1-2-12-13(17-18-14(12)16)15-6-9-3-10(7-15)5-11(4-9)8-15/h9-11H,2-8,16H2,1H3. The maximum atomic E-state index is 5.94. The van der Waals surface area contributed by atoms with Crippen molar-refractivity contribution in [2.75, 3.05) is 5.73 Å². The van der Waals surface area contributed by atoms with Gasteiger partial charge in [0.2, 0.25) is 5.88 Å². The Morgan fingerprint density at radius 1 is 1.17 bits per heavy atom. The van der Waals surface area contributed by atoms with Crippen molar-refractivity contribution in [1.29, 1.82) is 0 Å². The highest BCUT2D eigenvalue weighted by atomic mass is 16.5. The van der Waals surface area contributed by atoms with Crippen LogP contribution in [0, 0.1) is 17.8 Å². The summed E-state index contributed by atoms with van der Waals surface area (Å²) in [6.45, 7) is 2.16. The molecule has 0 saturated heterocycles. The van der Waals surface area contributed by atoms with Crippen LogP contribution in [0.1, 0.15) is 56.7 Å². The molecule has 5 rings (SSSR count). The van der Waals surface area contributed by atoms with E-state index in [4.69, 9.17) is 10.3 Å².